The van der Waals surface area contributed by atoms with Crippen LogP contribution in [0.15, 0.2) is 0 Å². The quantitative estimate of drug-likeness (QED) is 0.848. The van der Waals surface area contributed by atoms with E-state index in [1.165, 1.54) is 19.3 Å². The Kier molecular flexibility index (Phi) is 4.67. The van der Waals surface area contributed by atoms with Crippen LogP contribution >= 0.6 is 0 Å². The Morgan fingerprint density at radius 1 is 1.22 bits per heavy atom. The van der Waals surface area contributed by atoms with Crippen LogP contribution in [0.2, 0.25) is 0 Å². The molecular formula is C13H25NO3S. The maximum Gasteiger partial charge on any atom is 0.214 e. The van der Waals surface area contributed by atoms with Crippen molar-refractivity contribution in [1.29, 1.82) is 0 Å². The fourth-order valence-corrected chi connectivity index (χ4v) is 5.10. The molecule has 0 aromatic carbocycles. The van der Waals surface area contributed by atoms with Gasteiger partial charge in [0, 0.05) is 13.1 Å². The zero-order chi connectivity index (χ0) is 13.2. The van der Waals surface area contributed by atoms with Crippen LogP contribution in [0.3, 0.4) is 0 Å². The maximum atomic E-state index is 12.3. The normalized spacial score (nSPS) is 29.6. The summed E-state index contributed by atoms with van der Waals surface area (Å²) >= 11 is 0. The summed E-state index contributed by atoms with van der Waals surface area (Å²) < 4.78 is 26.2. The molecule has 106 valence electrons. The molecule has 1 heterocycles. The first-order chi connectivity index (χ1) is 8.49. The fraction of sp³-hybridized carbons (Fsp3) is 1.00. The highest BCUT2D eigenvalue weighted by Crippen LogP contribution is 2.28. The van der Waals surface area contributed by atoms with Crippen molar-refractivity contribution < 1.29 is 13.5 Å². The summed E-state index contributed by atoms with van der Waals surface area (Å²) in [6, 6.07) is 0. The third kappa shape index (κ3) is 3.45. The van der Waals surface area contributed by atoms with Gasteiger partial charge in [-0.25, -0.2) is 12.7 Å². The number of rotatable bonds is 4. The summed E-state index contributed by atoms with van der Waals surface area (Å²) in [7, 11) is -3.10. The van der Waals surface area contributed by atoms with Crippen molar-refractivity contribution in [1.82, 2.24) is 4.31 Å². The minimum Gasteiger partial charge on any atom is -0.393 e. The Hall–Kier alpha value is -0.130. The summed E-state index contributed by atoms with van der Waals surface area (Å²) in [4.78, 5) is 0. The first-order valence-corrected chi connectivity index (χ1v) is 8.76. The average molecular weight is 275 g/mol. The van der Waals surface area contributed by atoms with Crippen LogP contribution in [0.1, 0.15) is 45.4 Å². The lowest BCUT2D eigenvalue weighted by molar-refractivity contribution is 0.133. The second-order valence-electron chi connectivity index (χ2n) is 5.93. The van der Waals surface area contributed by atoms with Crippen molar-refractivity contribution in [2.45, 2.75) is 51.6 Å². The third-order valence-corrected chi connectivity index (χ3v) is 6.45. The molecule has 2 rings (SSSR count). The van der Waals surface area contributed by atoms with Gasteiger partial charge in [0.1, 0.15) is 0 Å². The number of nitrogens with zero attached hydrogens (tertiary/aromatic N) is 1. The van der Waals surface area contributed by atoms with Gasteiger partial charge in [0.25, 0.3) is 0 Å². The van der Waals surface area contributed by atoms with Crippen LogP contribution in [0.25, 0.3) is 0 Å². The van der Waals surface area contributed by atoms with Crippen molar-refractivity contribution in [3.8, 4) is 0 Å². The van der Waals surface area contributed by atoms with Gasteiger partial charge >= 0.3 is 0 Å². The van der Waals surface area contributed by atoms with Gasteiger partial charge in [-0.15, -0.1) is 0 Å². The van der Waals surface area contributed by atoms with Gasteiger partial charge < -0.3 is 5.11 Å². The van der Waals surface area contributed by atoms with Crippen molar-refractivity contribution in [2.75, 3.05) is 18.8 Å². The molecule has 1 N–H and O–H groups in total. The molecule has 1 aliphatic carbocycles. The summed E-state index contributed by atoms with van der Waals surface area (Å²) in [5.41, 5.74) is 0. The average Bonchev–Trinajstić information content (AvgIpc) is 2.79. The lowest BCUT2D eigenvalue weighted by Gasteiger charge is -2.24. The lowest BCUT2D eigenvalue weighted by Crippen LogP contribution is -2.35. The molecule has 0 aromatic rings. The van der Waals surface area contributed by atoms with Gasteiger partial charge in [-0.3, -0.25) is 0 Å². The first kappa shape index (κ1) is 14.3. The van der Waals surface area contributed by atoms with Crippen LogP contribution in [-0.4, -0.2) is 42.8 Å². The molecule has 2 unspecified atom stereocenters. The number of aliphatic hydroxyl groups excluding tert-OH is 1. The van der Waals surface area contributed by atoms with Gasteiger partial charge in [0.2, 0.25) is 10.0 Å². The van der Waals surface area contributed by atoms with Crippen molar-refractivity contribution in [3.05, 3.63) is 0 Å². The minimum absolute atomic E-state index is 0.117. The van der Waals surface area contributed by atoms with E-state index in [1.807, 2.05) is 0 Å². The van der Waals surface area contributed by atoms with E-state index in [9.17, 15) is 13.5 Å². The number of aliphatic hydroxyl groups is 1. The fourth-order valence-electron chi connectivity index (χ4n) is 3.16. The molecule has 1 saturated heterocycles. The van der Waals surface area contributed by atoms with Crippen molar-refractivity contribution >= 4 is 10.0 Å². The maximum absolute atomic E-state index is 12.3. The number of sulfonamides is 1. The highest BCUT2D eigenvalue weighted by Gasteiger charge is 2.34. The third-order valence-electron chi connectivity index (χ3n) is 4.43. The zero-order valence-electron chi connectivity index (χ0n) is 11.2. The molecule has 2 fully saturated rings. The Bertz CT molecular complexity index is 360. The molecule has 2 aliphatic rings. The van der Waals surface area contributed by atoms with Gasteiger partial charge in [-0.1, -0.05) is 19.3 Å². The van der Waals surface area contributed by atoms with E-state index in [4.69, 9.17) is 0 Å². The zero-order valence-corrected chi connectivity index (χ0v) is 12.0. The van der Waals surface area contributed by atoms with Crippen LogP contribution < -0.4 is 0 Å². The molecule has 1 saturated carbocycles. The molecule has 0 amide bonds. The van der Waals surface area contributed by atoms with E-state index in [1.54, 1.807) is 11.2 Å². The molecule has 0 radical (unpaired) electrons. The van der Waals surface area contributed by atoms with Gasteiger partial charge in [0.15, 0.2) is 0 Å². The summed E-state index contributed by atoms with van der Waals surface area (Å²) in [6.07, 6.45) is 6.12. The molecule has 18 heavy (non-hydrogen) atoms. The standard InChI is InChI=1S/C13H25NO3S/c1-11(15)13-7-8-14(9-13)18(16,17)10-12-5-3-2-4-6-12/h11-13,15H,2-10H2,1H3. The SMILES string of the molecule is CC(O)C1CCN(S(=O)(=O)CC2CCCCC2)C1. The lowest BCUT2D eigenvalue weighted by atomic mass is 9.91. The van der Waals surface area contributed by atoms with E-state index in [0.29, 0.717) is 24.8 Å². The smallest absolute Gasteiger partial charge is 0.214 e. The van der Waals surface area contributed by atoms with Crippen molar-refractivity contribution in [2.24, 2.45) is 11.8 Å². The molecule has 2 atom stereocenters. The second kappa shape index (κ2) is 5.88. The van der Waals surface area contributed by atoms with Crippen LogP contribution in [0.5, 0.6) is 0 Å². The van der Waals surface area contributed by atoms with Crippen molar-refractivity contribution in [3.63, 3.8) is 0 Å². The molecule has 4 nitrogen and oxygen atoms in total. The van der Waals surface area contributed by atoms with Gasteiger partial charge in [-0.2, -0.15) is 0 Å². The monoisotopic (exact) mass is 275 g/mol. The molecule has 0 aromatic heterocycles. The summed E-state index contributed by atoms with van der Waals surface area (Å²) in [5.74, 6) is 0.792. The highest BCUT2D eigenvalue weighted by atomic mass is 32.2. The molecule has 1 aliphatic heterocycles. The Morgan fingerprint density at radius 2 is 1.89 bits per heavy atom. The summed E-state index contributed by atoms with van der Waals surface area (Å²) in [5, 5.41) is 9.54. The molecular weight excluding hydrogens is 250 g/mol. The van der Waals surface area contributed by atoms with Crippen LogP contribution in [0, 0.1) is 11.8 Å². The molecule has 0 bridgehead atoms. The summed E-state index contributed by atoms with van der Waals surface area (Å²) in [6.45, 7) is 2.85. The van der Waals surface area contributed by atoms with Crippen LogP contribution in [0.4, 0.5) is 0 Å². The first-order valence-electron chi connectivity index (χ1n) is 7.15. The minimum atomic E-state index is -3.10. The van der Waals surface area contributed by atoms with E-state index >= 15 is 0 Å². The molecule has 5 heteroatoms. The topological polar surface area (TPSA) is 57.6 Å². The van der Waals surface area contributed by atoms with E-state index < -0.39 is 16.1 Å². The second-order valence-corrected chi connectivity index (χ2v) is 7.94. The van der Waals surface area contributed by atoms with Gasteiger partial charge in [0.05, 0.1) is 11.9 Å². The largest absolute Gasteiger partial charge is 0.393 e. The van der Waals surface area contributed by atoms with Gasteiger partial charge in [-0.05, 0) is 38.0 Å². The Labute approximate surface area is 110 Å². The van der Waals surface area contributed by atoms with E-state index in [0.717, 1.165) is 19.3 Å². The predicted molar refractivity (Wildman–Crippen MR) is 71.7 cm³/mol. The Balaban J connectivity index is 1.90. The molecule has 0 spiro atoms. The Morgan fingerprint density at radius 3 is 2.44 bits per heavy atom. The highest BCUT2D eigenvalue weighted by molar-refractivity contribution is 7.89. The van der Waals surface area contributed by atoms with Crippen LogP contribution in [-0.2, 0) is 10.0 Å². The predicted octanol–water partition coefficient (Wildman–Crippen LogP) is 1.60. The number of hydrogen-bond acceptors (Lipinski definition) is 3. The van der Waals surface area contributed by atoms with E-state index in [2.05, 4.69) is 0 Å². The van der Waals surface area contributed by atoms with E-state index in [-0.39, 0.29) is 5.92 Å². The number of hydrogen-bond donors (Lipinski definition) is 1.